The maximum atomic E-state index is 12.3. The Bertz CT molecular complexity index is 953. The number of fused-ring (bicyclic) bond motifs is 1. The number of esters is 1. The van der Waals surface area contributed by atoms with Crippen LogP contribution in [0.25, 0.3) is 10.2 Å². The molecule has 0 saturated heterocycles. The molecule has 0 amide bonds. The molecule has 3 rings (SSSR count). The highest BCUT2D eigenvalue weighted by atomic mass is 79.9. The van der Waals surface area contributed by atoms with Crippen LogP contribution in [0.2, 0.25) is 0 Å². The summed E-state index contributed by atoms with van der Waals surface area (Å²) in [4.78, 5) is 22.3. The number of benzene rings is 1. The van der Waals surface area contributed by atoms with Crippen molar-refractivity contribution in [3.8, 4) is 0 Å². The Hall–Kier alpha value is -1.99. The molecular weight excluding hydrogens is 402 g/mol. The van der Waals surface area contributed by atoms with Gasteiger partial charge in [-0.1, -0.05) is 22.0 Å². The van der Waals surface area contributed by atoms with Gasteiger partial charge >= 0.3 is 5.97 Å². The molecule has 2 heterocycles. The lowest BCUT2D eigenvalue weighted by atomic mass is 10.2. The number of nitrogens with one attached hydrogen (secondary N) is 1. The second-order valence-electron chi connectivity index (χ2n) is 6.00. The average molecular weight is 420 g/mol. The Morgan fingerprint density at radius 2 is 2.04 bits per heavy atom. The molecule has 0 bridgehead atoms. The van der Waals surface area contributed by atoms with Gasteiger partial charge in [-0.25, -0.2) is 14.8 Å². The van der Waals surface area contributed by atoms with Crippen molar-refractivity contribution in [2.75, 3.05) is 5.32 Å². The highest BCUT2D eigenvalue weighted by Gasteiger charge is 2.21. The van der Waals surface area contributed by atoms with Crippen LogP contribution in [0.3, 0.4) is 0 Å². The van der Waals surface area contributed by atoms with Gasteiger partial charge in [-0.15, -0.1) is 11.3 Å². The van der Waals surface area contributed by atoms with Gasteiger partial charge in [0.05, 0.1) is 11.5 Å². The summed E-state index contributed by atoms with van der Waals surface area (Å²) in [5, 5.41) is 4.17. The third-order valence-electron chi connectivity index (χ3n) is 3.69. The summed E-state index contributed by atoms with van der Waals surface area (Å²) in [5.41, 5.74) is 2.90. The predicted octanol–water partition coefficient (Wildman–Crippen LogP) is 5.38. The molecule has 0 radical (unpaired) electrons. The van der Waals surface area contributed by atoms with E-state index in [4.69, 9.17) is 4.74 Å². The predicted molar refractivity (Wildman–Crippen MR) is 105 cm³/mol. The first-order valence-corrected chi connectivity index (χ1v) is 9.46. The van der Waals surface area contributed by atoms with E-state index < -0.39 is 0 Å². The molecule has 0 aliphatic heterocycles. The van der Waals surface area contributed by atoms with Crippen LogP contribution in [-0.4, -0.2) is 22.0 Å². The number of anilines is 2. The standard InChI is InChI=1S/C18H18BrN3O2S/c1-9(2)24-18(23)15-11(4)14-16(20-8-21-17(14)25-15)22-12-6-5-10(3)13(19)7-12/h5-9H,1-4H3,(H,20,21,22). The summed E-state index contributed by atoms with van der Waals surface area (Å²) in [7, 11) is 0. The van der Waals surface area contributed by atoms with Gasteiger partial charge in [0.1, 0.15) is 21.9 Å². The van der Waals surface area contributed by atoms with Crippen molar-refractivity contribution >= 4 is 55.0 Å². The first-order valence-electron chi connectivity index (χ1n) is 7.85. The second kappa shape index (κ2) is 7.09. The van der Waals surface area contributed by atoms with Crippen molar-refractivity contribution in [3.63, 3.8) is 0 Å². The SMILES string of the molecule is Cc1ccc(Nc2ncnc3sc(C(=O)OC(C)C)c(C)c23)cc1Br. The molecule has 1 aromatic carbocycles. The summed E-state index contributed by atoms with van der Waals surface area (Å²) >= 11 is 4.87. The third kappa shape index (κ3) is 3.67. The molecule has 0 unspecified atom stereocenters. The van der Waals surface area contributed by atoms with Crippen molar-refractivity contribution in [1.82, 2.24) is 9.97 Å². The molecule has 0 spiro atoms. The number of carbonyl (C=O) groups is 1. The zero-order valence-corrected chi connectivity index (χ0v) is 16.8. The zero-order chi connectivity index (χ0) is 18.1. The van der Waals surface area contributed by atoms with Gasteiger partial charge in [-0.2, -0.15) is 0 Å². The van der Waals surface area contributed by atoms with E-state index >= 15 is 0 Å². The van der Waals surface area contributed by atoms with Gasteiger partial charge in [0.25, 0.3) is 0 Å². The summed E-state index contributed by atoms with van der Waals surface area (Å²) < 4.78 is 6.35. The van der Waals surface area contributed by atoms with Crippen molar-refractivity contribution in [2.24, 2.45) is 0 Å². The highest BCUT2D eigenvalue weighted by Crippen LogP contribution is 2.35. The Labute approximate surface area is 158 Å². The van der Waals surface area contributed by atoms with E-state index in [1.165, 1.54) is 17.7 Å². The number of rotatable bonds is 4. The molecule has 0 fully saturated rings. The molecule has 25 heavy (non-hydrogen) atoms. The summed E-state index contributed by atoms with van der Waals surface area (Å²) in [5.74, 6) is 0.359. The molecule has 0 aliphatic rings. The lowest BCUT2D eigenvalue weighted by Crippen LogP contribution is -2.11. The molecule has 2 aromatic heterocycles. The van der Waals surface area contributed by atoms with E-state index in [9.17, 15) is 4.79 Å². The van der Waals surface area contributed by atoms with Crippen LogP contribution in [0.4, 0.5) is 11.5 Å². The van der Waals surface area contributed by atoms with Crippen LogP contribution < -0.4 is 5.32 Å². The summed E-state index contributed by atoms with van der Waals surface area (Å²) in [6, 6.07) is 6.01. The third-order valence-corrected chi connectivity index (χ3v) is 5.72. The minimum atomic E-state index is -0.320. The Morgan fingerprint density at radius 3 is 2.72 bits per heavy atom. The minimum absolute atomic E-state index is 0.161. The Balaban J connectivity index is 2.03. The fourth-order valence-electron chi connectivity index (χ4n) is 2.44. The number of nitrogens with zero attached hydrogens (tertiary/aromatic N) is 2. The fourth-order valence-corrected chi connectivity index (χ4v) is 3.85. The summed E-state index contributed by atoms with van der Waals surface area (Å²) in [6.45, 7) is 7.60. The number of aryl methyl sites for hydroxylation is 2. The molecule has 0 saturated carbocycles. The van der Waals surface area contributed by atoms with E-state index in [2.05, 4.69) is 31.2 Å². The number of hydrogen-bond donors (Lipinski definition) is 1. The Kier molecular flexibility index (Phi) is 5.06. The van der Waals surface area contributed by atoms with Gasteiger partial charge in [-0.3, -0.25) is 0 Å². The van der Waals surface area contributed by atoms with Gasteiger partial charge in [0, 0.05) is 10.2 Å². The van der Waals surface area contributed by atoms with E-state index in [0.717, 1.165) is 31.5 Å². The topological polar surface area (TPSA) is 64.1 Å². The van der Waals surface area contributed by atoms with Gasteiger partial charge in [-0.05, 0) is 51.0 Å². The molecule has 0 aliphatic carbocycles. The highest BCUT2D eigenvalue weighted by molar-refractivity contribution is 9.10. The monoisotopic (exact) mass is 419 g/mol. The smallest absolute Gasteiger partial charge is 0.348 e. The van der Waals surface area contributed by atoms with Gasteiger partial charge in [0.2, 0.25) is 0 Å². The molecular formula is C18H18BrN3O2S. The average Bonchev–Trinajstić information content (AvgIpc) is 2.88. The van der Waals surface area contributed by atoms with Crippen molar-refractivity contribution in [3.05, 3.63) is 45.0 Å². The van der Waals surface area contributed by atoms with Crippen LogP contribution in [0.5, 0.6) is 0 Å². The normalized spacial score (nSPS) is 11.1. The number of thiophene rings is 1. The number of hydrogen-bond acceptors (Lipinski definition) is 6. The van der Waals surface area contributed by atoms with Crippen LogP contribution in [0, 0.1) is 13.8 Å². The molecule has 1 N–H and O–H groups in total. The quantitative estimate of drug-likeness (QED) is 0.575. The van der Waals surface area contributed by atoms with E-state index in [1.54, 1.807) is 0 Å². The van der Waals surface area contributed by atoms with Crippen LogP contribution in [0.1, 0.15) is 34.6 Å². The van der Waals surface area contributed by atoms with Crippen molar-refractivity contribution < 1.29 is 9.53 Å². The van der Waals surface area contributed by atoms with Crippen molar-refractivity contribution in [1.29, 1.82) is 0 Å². The maximum Gasteiger partial charge on any atom is 0.348 e. The molecule has 130 valence electrons. The molecule has 5 nitrogen and oxygen atoms in total. The first kappa shape index (κ1) is 17.8. The van der Waals surface area contributed by atoms with Crippen LogP contribution >= 0.6 is 27.3 Å². The van der Waals surface area contributed by atoms with Gasteiger partial charge < -0.3 is 10.1 Å². The molecule has 3 aromatic rings. The van der Waals surface area contributed by atoms with Gasteiger partial charge in [0.15, 0.2) is 0 Å². The van der Waals surface area contributed by atoms with Crippen LogP contribution in [-0.2, 0) is 4.74 Å². The maximum absolute atomic E-state index is 12.3. The summed E-state index contributed by atoms with van der Waals surface area (Å²) in [6.07, 6.45) is 1.34. The van der Waals surface area contributed by atoms with Crippen molar-refractivity contribution in [2.45, 2.75) is 33.8 Å². The fraction of sp³-hybridized carbons (Fsp3) is 0.278. The van der Waals surface area contributed by atoms with E-state index in [1.807, 2.05) is 45.9 Å². The molecule has 0 atom stereocenters. The zero-order valence-electron chi connectivity index (χ0n) is 14.4. The number of ether oxygens (including phenoxy) is 1. The van der Waals surface area contributed by atoms with E-state index in [-0.39, 0.29) is 12.1 Å². The largest absolute Gasteiger partial charge is 0.459 e. The lowest BCUT2D eigenvalue weighted by molar-refractivity contribution is 0.0383. The molecule has 7 heteroatoms. The Morgan fingerprint density at radius 1 is 1.28 bits per heavy atom. The number of aromatic nitrogens is 2. The minimum Gasteiger partial charge on any atom is -0.459 e. The number of halogens is 1. The van der Waals surface area contributed by atoms with E-state index in [0.29, 0.717) is 10.7 Å². The lowest BCUT2D eigenvalue weighted by Gasteiger charge is -2.09. The number of carbonyl (C=O) groups excluding carboxylic acids is 1. The van der Waals surface area contributed by atoms with Crippen LogP contribution in [0.15, 0.2) is 29.0 Å². The second-order valence-corrected chi connectivity index (χ2v) is 7.86. The first-order chi connectivity index (χ1) is 11.9.